The Kier molecular flexibility index (Phi) is 9.74. The molecule has 6 rings (SSSR count). The van der Waals surface area contributed by atoms with Crippen LogP contribution in [0.15, 0.2) is 67.1 Å². The van der Waals surface area contributed by atoms with E-state index in [0.29, 0.717) is 71.5 Å². The topological polar surface area (TPSA) is 150 Å². The van der Waals surface area contributed by atoms with E-state index < -0.39 is 12.0 Å². The minimum atomic E-state index is -0.894. The fraction of sp³-hybridized carbons (Fsp3) is 0.286. The number of benzene rings is 2. The number of fused-ring (bicyclic) bond motifs is 1. The molecule has 14 heteroatoms. The molecule has 3 aromatic heterocycles. The Labute approximate surface area is 281 Å². The number of hydrogen-bond donors (Lipinski definition) is 2. The van der Waals surface area contributed by atoms with Gasteiger partial charge in [-0.2, -0.15) is 5.10 Å². The van der Waals surface area contributed by atoms with E-state index in [0.717, 1.165) is 12.8 Å². The number of aromatic nitrogens is 4. The number of pyridine rings is 2. The molecule has 2 aromatic carbocycles. The van der Waals surface area contributed by atoms with Gasteiger partial charge < -0.3 is 34.3 Å². The van der Waals surface area contributed by atoms with Crippen molar-refractivity contribution in [2.45, 2.75) is 26.7 Å². The minimum Gasteiger partial charge on any atom is -0.493 e. The van der Waals surface area contributed by atoms with E-state index in [2.05, 4.69) is 20.4 Å². The Bertz CT molecular complexity index is 1980. The van der Waals surface area contributed by atoms with Gasteiger partial charge in [-0.1, -0.05) is 0 Å². The molecule has 0 atom stereocenters. The summed E-state index contributed by atoms with van der Waals surface area (Å²) in [5.74, 6) is 1.85. The van der Waals surface area contributed by atoms with Crippen molar-refractivity contribution in [3.05, 3.63) is 84.2 Å². The molecule has 5 aromatic rings. The standard InChI is InChI=1S/C35H35FN6O7/c1-4-47-31-19-42(27-7-5-23(36)15-21(27)2)40-33(31)34(43)39-32-8-6-24(18-38-32)49-28-9-12-37-26-17-30(29(46-3)16-25(26)28)48-20-22-10-13-41(14-11-22)35(44)45/h5-9,12,15-19,22H,4,10-11,13-14,20H2,1-3H3,(H,44,45)(H,38,39,43). The molecule has 0 saturated carbocycles. The summed E-state index contributed by atoms with van der Waals surface area (Å²) in [5, 5.41) is 17.0. The Hall–Kier alpha value is -5.92. The van der Waals surface area contributed by atoms with Crippen LogP contribution in [-0.2, 0) is 0 Å². The maximum absolute atomic E-state index is 13.6. The second-order valence-electron chi connectivity index (χ2n) is 11.4. The minimum absolute atomic E-state index is 0.0526. The zero-order valence-corrected chi connectivity index (χ0v) is 27.2. The zero-order chi connectivity index (χ0) is 34.5. The number of amides is 2. The summed E-state index contributed by atoms with van der Waals surface area (Å²) in [6.45, 7) is 5.28. The molecule has 1 aliphatic heterocycles. The molecule has 0 bridgehead atoms. The third-order valence-corrected chi connectivity index (χ3v) is 8.15. The maximum atomic E-state index is 13.6. The summed E-state index contributed by atoms with van der Waals surface area (Å²) in [6.07, 6.45) is 5.25. The summed E-state index contributed by atoms with van der Waals surface area (Å²) < 4.78 is 38.7. The lowest BCUT2D eigenvalue weighted by molar-refractivity contribution is 0.101. The highest BCUT2D eigenvalue weighted by Crippen LogP contribution is 2.37. The molecule has 1 saturated heterocycles. The largest absolute Gasteiger partial charge is 0.493 e. The van der Waals surface area contributed by atoms with Crippen LogP contribution in [0, 0.1) is 18.7 Å². The number of halogens is 1. The lowest BCUT2D eigenvalue weighted by Crippen LogP contribution is -2.38. The maximum Gasteiger partial charge on any atom is 0.407 e. The van der Waals surface area contributed by atoms with Gasteiger partial charge in [0, 0.05) is 30.7 Å². The van der Waals surface area contributed by atoms with E-state index in [-0.39, 0.29) is 29.0 Å². The van der Waals surface area contributed by atoms with Crippen LogP contribution in [-0.4, -0.2) is 75.2 Å². The van der Waals surface area contributed by atoms with E-state index in [1.807, 2.05) is 0 Å². The molecule has 4 heterocycles. The molecule has 0 unspecified atom stereocenters. The lowest BCUT2D eigenvalue weighted by atomic mass is 9.98. The first-order chi connectivity index (χ1) is 23.7. The number of carbonyl (C=O) groups excluding carboxylic acids is 1. The van der Waals surface area contributed by atoms with E-state index in [1.165, 1.54) is 27.9 Å². The highest BCUT2D eigenvalue weighted by atomic mass is 19.1. The molecule has 1 fully saturated rings. The molecule has 1 aliphatic rings. The highest BCUT2D eigenvalue weighted by Gasteiger charge is 2.24. The van der Waals surface area contributed by atoms with Gasteiger partial charge in [-0.25, -0.2) is 18.9 Å². The molecule has 2 amide bonds. The normalized spacial score (nSPS) is 13.3. The predicted molar refractivity (Wildman–Crippen MR) is 178 cm³/mol. The van der Waals surface area contributed by atoms with Gasteiger partial charge in [0.15, 0.2) is 22.9 Å². The summed E-state index contributed by atoms with van der Waals surface area (Å²) in [6, 6.07) is 12.9. The quantitative estimate of drug-likeness (QED) is 0.160. The predicted octanol–water partition coefficient (Wildman–Crippen LogP) is 6.48. The number of anilines is 1. The van der Waals surface area contributed by atoms with E-state index in [4.69, 9.17) is 18.9 Å². The molecule has 13 nitrogen and oxygen atoms in total. The van der Waals surface area contributed by atoms with Gasteiger partial charge in [0.2, 0.25) is 0 Å². The molecule has 0 radical (unpaired) electrons. The summed E-state index contributed by atoms with van der Waals surface area (Å²) in [4.78, 5) is 34.7. The van der Waals surface area contributed by atoms with Gasteiger partial charge in [-0.15, -0.1) is 0 Å². The van der Waals surface area contributed by atoms with E-state index in [1.54, 1.807) is 69.7 Å². The number of carboxylic acid groups (broad SMARTS) is 1. The Morgan fingerprint density at radius 1 is 1.00 bits per heavy atom. The molecular weight excluding hydrogens is 635 g/mol. The van der Waals surface area contributed by atoms with Crippen molar-refractivity contribution in [2.75, 3.05) is 38.7 Å². The average Bonchev–Trinajstić information content (AvgIpc) is 3.52. The Morgan fingerprint density at radius 3 is 2.51 bits per heavy atom. The smallest absolute Gasteiger partial charge is 0.407 e. The van der Waals surface area contributed by atoms with Crippen molar-refractivity contribution in [1.29, 1.82) is 0 Å². The van der Waals surface area contributed by atoms with Gasteiger partial charge in [0.25, 0.3) is 5.91 Å². The monoisotopic (exact) mass is 670 g/mol. The Balaban J connectivity index is 1.13. The van der Waals surface area contributed by atoms with Crippen LogP contribution in [0.4, 0.5) is 15.0 Å². The number of aryl methyl sites for hydroxylation is 1. The fourth-order valence-corrected chi connectivity index (χ4v) is 5.58. The van der Waals surface area contributed by atoms with Crippen molar-refractivity contribution < 1.29 is 38.0 Å². The second kappa shape index (κ2) is 14.5. The highest BCUT2D eigenvalue weighted by molar-refractivity contribution is 6.04. The first-order valence-corrected chi connectivity index (χ1v) is 15.7. The SMILES string of the molecule is CCOc1cn(-c2ccc(F)cc2C)nc1C(=O)Nc1ccc(Oc2ccnc3cc(OCC4CCN(C(=O)O)CC4)c(OC)cc23)cn1. The number of likely N-dealkylation sites (tertiary alicyclic amines) is 1. The number of nitrogens with one attached hydrogen (secondary N) is 1. The summed E-state index contributed by atoms with van der Waals surface area (Å²) >= 11 is 0. The summed E-state index contributed by atoms with van der Waals surface area (Å²) in [7, 11) is 1.55. The number of rotatable bonds is 11. The van der Waals surface area contributed by atoms with Crippen molar-refractivity contribution in [3.63, 3.8) is 0 Å². The number of ether oxygens (including phenoxy) is 4. The van der Waals surface area contributed by atoms with Crippen LogP contribution in [0.2, 0.25) is 0 Å². The van der Waals surface area contributed by atoms with Crippen LogP contribution in [0.1, 0.15) is 35.8 Å². The first-order valence-electron chi connectivity index (χ1n) is 15.7. The number of hydrogen-bond acceptors (Lipinski definition) is 9. The van der Waals surface area contributed by atoms with Crippen molar-refractivity contribution in [3.8, 4) is 34.4 Å². The molecule has 0 spiro atoms. The number of methoxy groups -OCH3 is 1. The van der Waals surface area contributed by atoms with Crippen LogP contribution in [0.5, 0.6) is 28.7 Å². The van der Waals surface area contributed by atoms with Gasteiger partial charge in [-0.05, 0) is 80.6 Å². The Morgan fingerprint density at radius 2 is 1.82 bits per heavy atom. The van der Waals surface area contributed by atoms with Gasteiger partial charge in [0.1, 0.15) is 23.1 Å². The molecule has 2 N–H and O–H groups in total. The fourth-order valence-electron chi connectivity index (χ4n) is 5.58. The average molecular weight is 671 g/mol. The first kappa shape index (κ1) is 33.0. The summed E-state index contributed by atoms with van der Waals surface area (Å²) in [5.41, 5.74) is 1.94. The number of piperidine rings is 1. The molecule has 254 valence electrons. The molecular formula is C35H35FN6O7. The van der Waals surface area contributed by atoms with E-state index >= 15 is 0 Å². The van der Waals surface area contributed by atoms with E-state index in [9.17, 15) is 19.1 Å². The zero-order valence-electron chi connectivity index (χ0n) is 27.2. The van der Waals surface area contributed by atoms with Crippen LogP contribution in [0.25, 0.3) is 16.6 Å². The van der Waals surface area contributed by atoms with Gasteiger partial charge in [0.05, 0.1) is 43.9 Å². The van der Waals surface area contributed by atoms with Crippen molar-refractivity contribution in [2.24, 2.45) is 5.92 Å². The number of carbonyl (C=O) groups is 2. The number of nitrogens with zero attached hydrogens (tertiary/aromatic N) is 5. The third kappa shape index (κ3) is 7.48. The van der Waals surface area contributed by atoms with Crippen LogP contribution < -0.4 is 24.3 Å². The second-order valence-corrected chi connectivity index (χ2v) is 11.4. The van der Waals surface area contributed by atoms with Gasteiger partial charge in [-0.3, -0.25) is 9.78 Å². The van der Waals surface area contributed by atoms with Gasteiger partial charge >= 0.3 is 6.09 Å². The van der Waals surface area contributed by atoms with Crippen molar-refractivity contribution >= 4 is 28.7 Å². The van der Waals surface area contributed by atoms with Crippen molar-refractivity contribution in [1.82, 2.24) is 24.6 Å². The molecule has 0 aliphatic carbocycles. The van der Waals surface area contributed by atoms with Crippen LogP contribution >= 0.6 is 0 Å². The lowest BCUT2D eigenvalue weighted by Gasteiger charge is -2.29. The molecule has 49 heavy (non-hydrogen) atoms. The third-order valence-electron chi connectivity index (χ3n) is 8.15. The van der Waals surface area contributed by atoms with Crippen LogP contribution in [0.3, 0.4) is 0 Å².